The maximum absolute atomic E-state index is 9.28. The summed E-state index contributed by atoms with van der Waals surface area (Å²) in [7, 11) is 0. The highest BCUT2D eigenvalue weighted by molar-refractivity contribution is 5.80. The van der Waals surface area contributed by atoms with Gasteiger partial charge in [-0.3, -0.25) is 9.67 Å². The van der Waals surface area contributed by atoms with E-state index in [-0.39, 0.29) is 6.61 Å². The first-order chi connectivity index (χ1) is 10.8. The van der Waals surface area contributed by atoms with Crippen LogP contribution in [-0.2, 0) is 13.1 Å². The lowest BCUT2D eigenvalue weighted by Crippen LogP contribution is -2.06. The molecular weight excluding hydrogens is 276 g/mol. The van der Waals surface area contributed by atoms with Crippen LogP contribution in [0.2, 0.25) is 0 Å². The number of pyridine rings is 1. The highest BCUT2D eigenvalue weighted by Gasteiger charge is 2.14. The number of aliphatic hydroxyl groups is 1. The first-order valence-corrected chi connectivity index (χ1v) is 7.20. The molecule has 2 aromatic heterocycles. The third-order valence-electron chi connectivity index (χ3n) is 3.58. The molecule has 1 aromatic carbocycles. The Morgan fingerprint density at radius 3 is 2.64 bits per heavy atom. The Kier molecular flexibility index (Phi) is 4.27. The molecule has 3 rings (SSSR count). The Hall–Kier alpha value is -2.50. The zero-order valence-corrected chi connectivity index (χ0v) is 12.2. The van der Waals surface area contributed by atoms with Crippen molar-refractivity contribution in [1.82, 2.24) is 14.8 Å². The first-order valence-electron chi connectivity index (χ1n) is 7.20. The summed E-state index contributed by atoms with van der Waals surface area (Å²) in [6, 6.07) is 12.0. The number of nitrogens with zero attached hydrogens (tertiary/aromatic N) is 3. The molecule has 2 heterocycles. The molecule has 0 fully saturated rings. The molecule has 5 nitrogen and oxygen atoms in total. The number of hydrogen-bond donors (Lipinski definition) is 2. The molecule has 3 aromatic rings. The Labute approximate surface area is 129 Å². The summed E-state index contributed by atoms with van der Waals surface area (Å²) in [6.07, 6.45) is 5.35. The van der Waals surface area contributed by atoms with Crippen LogP contribution in [0.5, 0.6) is 0 Å². The van der Waals surface area contributed by atoms with Crippen LogP contribution in [0.3, 0.4) is 0 Å². The summed E-state index contributed by atoms with van der Waals surface area (Å²) in [4.78, 5) is 4.06. The molecule has 0 aliphatic rings. The second kappa shape index (κ2) is 6.51. The lowest BCUT2D eigenvalue weighted by molar-refractivity contribution is 0.270. The Morgan fingerprint density at radius 1 is 1.09 bits per heavy atom. The maximum Gasteiger partial charge on any atom is 0.0761 e. The van der Waals surface area contributed by atoms with Crippen molar-refractivity contribution in [1.29, 1.82) is 0 Å². The minimum absolute atomic E-state index is 0.0427. The van der Waals surface area contributed by atoms with Crippen molar-refractivity contribution < 1.29 is 5.11 Å². The molecule has 0 aliphatic carbocycles. The standard InChI is InChI=1S/C17H18N4O/c18-11-13-2-1-3-15(10-13)17-16(12-20-21(17)8-9-22)14-4-6-19-7-5-14/h1-7,10,12,22H,8-9,11,18H2. The van der Waals surface area contributed by atoms with Gasteiger partial charge in [0.15, 0.2) is 0 Å². The molecule has 0 saturated carbocycles. The number of nitrogens with two attached hydrogens (primary N) is 1. The van der Waals surface area contributed by atoms with Crippen molar-refractivity contribution in [3.05, 3.63) is 60.6 Å². The van der Waals surface area contributed by atoms with E-state index in [0.717, 1.165) is 27.9 Å². The Balaban J connectivity index is 2.16. The van der Waals surface area contributed by atoms with E-state index in [2.05, 4.69) is 16.1 Å². The van der Waals surface area contributed by atoms with Gasteiger partial charge in [-0.15, -0.1) is 0 Å². The zero-order chi connectivity index (χ0) is 15.4. The topological polar surface area (TPSA) is 77.0 Å². The van der Waals surface area contributed by atoms with E-state index in [4.69, 9.17) is 5.73 Å². The molecule has 0 saturated heterocycles. The van der Waals surface area contributed by atoms with E-state index in [9.17, 15) is 5.11 Å². The fourth-order valence-electron chi connectivity index (χ4n) is 2.54. The van der Waals surface area contributed by atoms with Gasteiger partial charge in [-0.1, -0.05) is 18.2 Å². The lowest BCUT2D eigenvalue weighted by atomic mass is 10.0. The minimum Gasteiger partial charge on any atom is -0.394 e. The van der Waals surface area contributed by atoms with Gasteiger partial charge in [0.1, 0.15) is 0 Å². The van der Waals surface area contributed by atoms with Crippen molar-refractivity contribution in [3.63, 3.8) is 0 Å². The third-order valence-corrected chi connectivity index (χ3v) is 3.58. The second-order valence-corrected chi connectivity index (χ2v) is 4.99. The molecule has 0 radical (unpaired) electrons. The van der Waals surface area contributed by atoms with Gasteiger partial charge in [-0.2, -0.15) is 5.10 Å². The largest absolute Gasteiger partial charge is 0.394 e. The summed E-state index contributed by atoms with van der Waals surface area (Å²) < 4.78 is 1.82. The van der Waals surface area contributed by atoms with E-state index >= 15 is 0 Å². The predicted molar refractivity (Wildman–Crippen MR) is 85.9 cm³/mol. The average molecular weight is 294 g/mol. The van der Waals surface area contributed by atoms with E-state index in [0.29, 0.717) is 13.1 Å². The summed E-state index contributed by atoms with van der Waals surface area (Å²) >= 11 is 0. The summed E-state index contributed by atoms with van der Waals surface area (Å²) in [5, 5.41) is 13.7. The van der Waals surface area contributed by atoms with Gasteiger partial charge >= 0.3 is 0 Å². The fourth-order valence-corrected chi connectivity index (χ4v) is 2.54. The van der Waals surface area contributed by atoms with Crippen LogP contribution in [0.25, 0.3) is 22.4 Å². The van der Waals surface area contributed by atoms with Gasteiger partial charge in [-0.05, 0) is 29.3 Å². The number of hydrogen-bond acceptors (Lipinski definition) is 4. The van der Waals surface area contributed by atoms with Crippen LogP contribution >= 0.6 is 0 Å². The number of benzene rings is 1. The third kappa shape index (κ3) is 2.77. The minimum atomic E-state index is 0.0427. The molecule has 0 amide bonds. The first kappa shape index (κ1) is 14.4. The van der Waals surface area contributed by atoms with Gasteiger partial charge in [0.2, 0.25) is 0 Å². The van der Waals surface area contributed by atoms with E-state index < -0.39 is 0 Å². The quantitative estimate of drug-likeness (QED) is 0.755. The lowest BCUT2D eigenvalue weighted by Gasteiger charge is -2.10. The van der Waals surface area contributed by atoms with Crippen LogP contribution in [0, 0.1) is 0 Å². The van der Waals surface area contributed by atoms with Crippen LogP contribution in [-0.4, -0.2) is 26.5 Å². The van der Waals surface area contributed by atoms with Crippen LogP contribution in [0.1, 0.15) is 5.56 Å². The maximum atomic E-state index is 9.28. The van der Waals surface area contributed by atoms with Gasteiger partial charge in [0, 0.05) is 30.1 Å². The second-order valence-electron chi connectivity index (χ2n) is 4.99. The monoisotopic (exact) mass is 294 g/mol. The molecule has 0 bridgehead atoms. The highest BCUT2D eigenvalue weighted by atomic mass is 16.3. The van der Waals surface area contributed by atoms with E-state index in [1.54, 1.807) is 12.4 Å². The molecule has 0 spiro atoms. The normalized spacial score (nSPS) is 10.8. The Morgan fingerprint density at radius 2 is 1.91 bits per heavy atom. The summed E-state index contributed by atoms with van der Waals surface area (Å²) in [6.45, 7) is 0.987. The van der Waals surface area contributed by atoms with Gasteiger partial charge < -0.3 is 10.8 Å². The van der Waals surface area contributed by atoms with Crippen LogP contribution in [0.4, 0.5) is 0 Å². The SMILES string of the molecule is NCc1cccc(-c2c(-c3ccncc3)cnn2CCO)c1. The van der Waals surface area contributed by atoms with Crippen molar-refractivity contribution in [3.8, 4) is 22.4 Å². The molecule has 0 atom stereocenters. The molecule has 3 N–H and O–H groups in total. The zero-order valence-electron chi connectivity index (χ0n) is 12.2. The molecule has 0 unspecified atom stereocenters. The molecule has 112 valence electrons. The van der Waals surface area contributed by atoms with Crippen molar-refractivity contribution >= 4 is 0 Å². The van der Waals surface area contributed by atoms with Crippen molar-refractivity contribution in [2.45, 2.75) is 13.1 Å². The average Bonchev–Trinajstić information content (AvgIpc) is 3.00. The summed E-state index contributed by atoms with van der Waals surface area (Å²) in [5.74, 6) is 0. The van der Waals surface area contributed by atoms with E-state index in [1.165, 1.54) is 0 Å². The van der Waals surface area contributed by atoms with Crippen molar-refractivity contribution in [2.75, 3.05) is 6.61 Å². The van der Waals surface area contributed by atoms with Gasteiger partial charge in [0.05, 0.1) is 25.0 Å². The number of aliphatic hydroxyl groups excluding tert-OH is 1. The molecule has 5 heteroatoms. The van der Waals surface area contributed by atoms with E-state index in [1.807, 2.05) is 41.2 Å². The molecule has 0 aliphatic heterocycles. The van der Waals surface area contributed by atoms with Gasteiger partial charge in [-0.25, -0.2) is 0 Å². The smallest absolute Gasteiger partial charge is 0.0761 e. The van der Waals surface area contributed by atoms with Gasteiger partial charge in [0.25, 0.3) is 0 Å². The molecule has 22 heavy (non-hydrogen) atoms. The van der Waals surface area contributed by atoms with Crippen molar-refractivity contribution in [2.24, 2.45) is 5.73 Å². The molecular formula is C17H18N4O. The highest BCUT2D eigenvalue weighted by Crippen LogP contribution is 2.32. The number of aromatic nitrogens is 3. The van der Waals surface area contributed by atoms with Crippen LogP contribution < -0.4 is 5.73 Å². The number of rotatable bonds is 5. The Bertz CT molecular complexity index is 752. The predicted octanol–water partition coefficient (Wildman–Crippen LogP) is 2.06. The summed E-state index contributed by atoms with van der Waals surface area (Å²) in [5.41, 5.74) is 10.9. The van der Waals surface area contributed by atoms with Crippen LogP contribution in [0.15, 0.2) is 55.0 Å². The fraction of sp³-hybridized carbons (Fsp3) is 0.176.